The van der Waals surface area contributed by atoms with Crippen LogP contribution in [-0.4, -0.2) is 55.2 Å². The van der Waals surface area contributed by atoms with E-state index in [-0.39, 0.29) is 17.2 Å². The first kappa shape index (κ1) is 20.3. The molecule has 1 fully saturated rings. The molecule has 144 valence electrons. The number of nitrogens with one attached hydrogen (secondary N) is 1. The van der Waals surface area contributed by atoms with Crippen molar-refractivity contribution in [2.45, 2.75) is 52.6 Å². The number of aromatic nitrogens is 2. The predicted octanol–water partition coefficient (Wildman–Crippen LogP) is 1.98. The molecule has 0 aromatic carbocycles. The normalized spacial score (nSPS) is 18.0. The largest absolute Gasteiger partial charge is 0.479 e. The van der Waals surface area contributed by atoms with Crippen LogP contribution in [-0.2, 0) is 19.9 Å². The minimum absolute atomic E-state index is 0.0367. The van der Waals surface area contributed by atoms with Gasteiger partial charge in [0.15, 0.2) is 5.54 Å². The maximum absolute atomic E-state index is 12.6. The van der Waals surface area contributed by atoms with Gasteiger partial charge in [0.05, 0.1) is 17.8 Å². The van der Waals surface area contributed by atoms with Gasteiger partial charge in [0.25, 0.3) is 0 Å². The van der Waals surface area contributed by atoms with Gasteiger partial charge in [-0.2, -0.15) is 5.10 Å². The maximum Gasteiger partial charge on any atom is 0.331 e. The zero-order valence-corrected chi connectivity index (χ0v) is 16.6. The summed E-state index contributed by atoms with van der Waals surface area (Å²) in [6.07, 6.45) is 3.27. The molecule has 2 rings (SSSR count). The molecule has 1 aromatic rings. The number of anilines is 1. The highest BCUT2D eigenvalue weighted by Crippen LogP contribution is 2.27. The smallest absolute Gasteiger partial charge is 0.331 e. The Balaban J connectivity index is 2.06. The zero-order chi connectivity index (χ0) is 19.7. The van der Waals surface area contributed by atoms with E-state index in [1.54, 1.807) is 16.7 Å². The third-order valence-electron chi connectivity index (χ3n) is 4.13. The van der Waals surface area contributed by atoms with E-state index < -0.39 is 17.6 Å². The SMILES string of the molecule is CC(C)(C)CC(=O)N1CSCC1C(=O)Nc1cnn(C(C)(C)C(=O)O)c1. The number of thioether (sulfide) groups is 1. The van der Waals surface area contributed by atoms with Crippen LogP contribution in [0, 0.1) is 5.41 Å². The van der Waals surface area contributed by atoms with E-state index >= 15 is 0 Å². The van der Waals surface area contributed by atoms with Crippen molar-refractivity contribution in [2.75, 3.05) is 16.9 Å². The van der Waals surface area contributed by atoms with Crippen molar-refractivity contribution in [1.82, 2.24) is 14.7 Å². The average Bonchev–Trinajstić information content (AvgIpc) is 3.14. The number of nitrogens with zero attached hydrogens (tertiary/aromatic N) is 3. The molecule has 1 atom stereocenters. The Bertz CT molecular complexity index is 708. The summed E-state index contributed by atoms with van der Waals surface area (Å²) in [6, 6.07) is -0.536. The minimum Gasteiger partial charge on any atom is -0.479 e. The lowest BCUT2D eigenvalue weighted by Gasteiger charge is -2.26. The number of carboxylic acid groups (broad SMARTS) is 1. The van der Waals surface area contributed by atoms with Crippen molar-refractivity contribution in [3.05, 3.63) is 12.4 Å². The van der Waals surface area contributed by atoms with Crippen LogP contribution in [0.15, 0.2) is 12.4 Å². The Labute approximate surface area is 157 Å². The van der Waals surface area contributed by atoms with Gasteiger partial charge in [0.1, 0.15) is 6.04 Å². The second-order valence-electron chi connectivity index (χ2n) is 8.14. The number of hydrogen-bond donors (Lipinski definition) is 2. The second kappa shape index (κ2) is 7.30. The van der Waals surface area contributed by atoms with Crippen molar-refractivity contribution >= 4 is 35.2 Å². The highest BCUT2D eigenvalue weighted by atomic mass is 32.2. The quantitative estimate of drug-likeness (QED) is 0.807. The molecule has 2 N–H and O–H groups in total. The molecular formula is C17H26N4O4S. The molecule has 0 aliphatic carbocycles. The Hall–Kier alpha value is -2.03. The fourth-order valence-electron chi connectivity index (χ4n) is 2.48. The highest BCUT2D eigenvalue weighted by Gasteiger charge is 2.36. The molecule has 0 spiro atoms. The van der Waals surface area contributed by atoms with Crippen molar-refractivity contribution in [3.63, 3.8) is 0 Å². The van der Waals surface area contributed by atoms with E-state index in [0.717, 1.165) is 0 Å². The van der Waals surface area contributed by atoms with Gasteiger partial charge >= 0.3 is 5.97 Å². The van der Waals surface area contributed by atoms with Gasteiger partial charge < -0.3 is 15.3 Å². The standard InChI is InChI=1S/C17H26N4O4S/c1-16(2,3)6-13(22)20-10-26-9-12(20)14(23)19-11-7-18-21(8-11)17(4,5)15(24)25/h7-8,12H,6,9-10H2,1-5H3,(H,19,23)(H,24,25). The fraction of sp³-hybridized carbons (Fsp3) is 0.647. The number of carbonyl (C=O) groups excluding carboxylic acids is 2. The lowest BCUT2D eigenvalue weighted by molar-refractivity contribution is -0.146. The van der Waals surface area contributed by atoms with Crippen LogP contribution < -0.4 is 5.32 Å². The monoisotopic (exact) mass is 382 g/mol. The molecule has 8 nitrogen and oxygen atoms in total. The molecule has 1 saturated heterocycles. The van der Waals surface area contributed by atoms with Gasteiger partial charge in [-0.15, -0.1) is 11.8 Å². The van der Waals surface area contributed by atoms with Crippen LogP contribution in [0.1, 0.15) is 41.0 Å². The molecule has 1 aliphatic rings. The van der Waals surface area contributed by atoms with Crippen molar-refractivity contribution in [2.24, 2.45) is 5.41 Å². The van der Waals surface area contributed by atoms with Crippen LogP contribution >= 0.6 is 11.8 Å². The second-order valence-corrected chi connectivity index (χ2v) is 9.14. The summed E-state index contributed by atoms with van der Waals surface area (Å²) in [4.78, 5) is 38.0. The molecule has 2 amide bonds. The van der Waals surface area contributed by atoms with Gasteiger partial charge in [0, 0.05) is 18.4 Å². The van der Waals surface area contributed by atoms with Crippen molar-refractivity contribution in [1.29, 1.82) is 0 Å². The Morgan fingerprint density at radius 1 is 1.31 bits per heavy atom. The molecule has 2 heterocycles. The topological polar surface area (TPSA) is 105 Å². The van der Waals surface area contributed by atoms with E-state index in [4.69, 9.17) is 0 Å². The van der Waals surface area contributed by atoms with Gasteiger partial charge in [-0.25, -0.2) is 4.79 Å². The Morgan fingerprint density at radius 2 is 1.96 bits per heavy atom. The lowest BCUT2D eigenvalue weighted by Crippen LogP contribution is -2.45. The van der Waals surface area contributed by atoms with E-state index in [0.29, 0.717) is 23.7 Å². The average molecular weight is 382 g/mol. The number of rotatable bonds is 5. The lowest BCUT2D eigenvalue weighted by atomic mass is 9.91. The predicted molar refractivity (Wildman–Crippen MR) is 99.8 cm³/mol. The molecular weight excluding hydrogens is 356 g/mol. The Kier molecular flexibility index (Phi) is 5.70. The minimum atomic E-state index is -1.22. The van der Waals surface area contributed by atoms with Gasteiger partial charge in [-0.1, -0.05) is 20.8 Å². The van der Waals surface area contributed by atoms with E-state index in [1.807, 2.05) is 20.8 Å². The Morgan fingerprint density at radius 3 is 2.54 bits per heavy atom. The van der Waals surface area contributed by atoms with Crippen molar-refractivity contribution in [3.8, 4) is 0 Å². The summed E-state index contributed by atoms with van der Waals surface area (Å²) < 4.78 is 1.29. The molecule has 0 saturated carbocycles. The fourth-order valence-corrected chi connectivity index (χ4v) is 3.66. The summed E-state index contributed by atoms with van der Waals surface area (Å²) in [5, 5.41) is 16.0. The van der Waals surface area contributed by atoms with Crippen molar-refractivity contribution < 1.29 is 19.5 Å². The summed E-state index contributed by atoms with van der Waals surface area (Å²) in [5.74, 6) is -0.311. The number of hydrogen-bond acceptors (Lipinski definition) is 5. The summed E-state index contributed by atoms with van der Waals surface area (Å²) in [6.45, 7) is 9.01. The van der Waals surface area contributed by atoms with Crippen LogP contribution in [0.25, 0.3) is 0 Å². The highest BCUT2D eigenvalue weighted by molar-refractivity contribution is 7.99. The third kappa shape index (κ3) is 4.57. The molecule has 9 heteroatoms. The summed E-state index contributed by atoms with van der Waals surface area (Å²) in [7, 11) is 0. The first-order chi connectivity index (χ1) is 11.9. The first-order valence-electron chi connectivity index (χ1n) is 8.38. The number of amides is 2. The van der Waals surface area contributed by atoms with E-state index in [9.17, 15) is 19.5 Å². The molecule has 0 radical (unpaired) electrons. The van der Waals surface area contributed by atoms with Gasteiger partial charge in [0.2, 0.25) is 11.8 Å². The molecule has 1 unspecified atom stereocenters. The van der Waals surface area contributed by atoms with Gasteiger partial charge in [-0.05, 0) is 19.3 Å². The molecule has 0 bridgehead atoms. The zero-order valence-electron chi connectivity index (χ0n) is 15.8. The maximum atomic E-state index is 12.6. The molecule has 1 aromatic heterocycles. The van der Waals surface area contributed by atoms with Gasteiger partial charge in [-0.3, -0.25) is 14.3 Å². The molecule has 26 heavy (non-hydrogen) atoms. The van der Waals surface area contributed by atoms with Crippen LogP contribution in [0.5, 0.6) is 0 Å². The van der Waals surface area contributed by atoms with Crippen LogP contribution in [0.3, 0.4) is 0 Å². The number of carbonyl (C=O) groups is 3. The van der Waals surface area contributed by atoms with E-state index in [1.165, 1.54) is 30.9 Å². The number of aliphatic carboxylic acids is 1. The van der Waals surface area contributed by atoms with E-state index in [2.05, 4.69) is 10.4 Å². The third-order valence-corrected chi connectivity index (χ3v) is 5.15. The first-order valence-corrected chi connectivity index (χ1v) is 9.54. The van der Waals surface area contributed by atoms with Crippen LogP contribution in [0.4, 0.5) is 5.69 Å². The number of carboxylic acids is 1. The summed E-state index contributed by atoms with van der Waals surface area (Å²) in [5.41, 5.74) is -0.958. The van der Waals surface area contributed by atoms with Crippen LogP contribution in [0.2, 0.25) is 0 Å². The molecule has 1 aliphatic heterocycles. The summed E-state index contributed by atoms with van der Waals surface area (Å²) >= 11 is 1.54.